The molecule has 8 nitrogen and oxygen atoms in total. The molecule has 0 unspecified atom stereocenters. The number of Topliss-reactive ketones (excluding diaryl/α,β-unsaturated/α-hetero) is 1. The lowest BCUT2D eigenvalue weighted by Gasteiger charge is -2.43. The molecule has 5 rings (SSSR count). The third-order valence-electron chi connectivity index (χ3n) is 6.02. The maximum Gasteiger partial charge on any atom is 0.251 e. The standard InChI is InChI=1S/C22H22N6O2/c1-13(29)15-2-3-21(24-8-15)27-9-14-4-17(11-27)19-5-16(6-22(30)28(19)10-14)18-7-20(23)26-12-25-18/h2-3,5-8,12,14,17H,4,9-11H2,1H3,(H2,23,25,26)/t14-,17+/m0/s1. The topological polar surface area (TPSA) is 107 Å². The Morgan fingerprint density at radius 3 is 2.70 bits per heavy atom. The van der Waals surface area contributed by atoms with Crippen LogP contribution in [0, 0.1) is 5.92 Å². The number of fused-ring (bicyclic) bond motifs is 4. The summed E-state index contributed by atoms with van der Waals surface area (Å²) in [5, 5.41) is 0. The average molecular weight is 402 g/mol. The highest BCUT2D eigenvalue weighted by Crippen LogP contribution is 2.37. The van der Waals surface area contributed by atoms with Gasteiger partial charge in [0.25, 0.3) is 5.56 Å². The van der Waals surface area contributed by atoms with Crippen LogP contribution in [0.1, 0.15) is 35.3 Å². The zero-order valence-electron chi connectivity index (χ0n) is 16.7. The van der Waals surface area contributed by atoms with Gasteiger partial charge in [-0.15, -0.1) is 0 Å². The summed E-state index contributed by atoms with van der Waals surface area (Å²) in [5.74, 6) is 1.85. The summed E-state index contributed by atoms with van der Waals surface area (Å²) in [6.45, 7) is 3.86. The first kappa shape index (κ1) is 18.5. The Bertz CT molecular complexity index is 1190. The van der Waals surface area contributed by atoms with Crippen LogP contribution >= 0.6 is 0 Å². The first-order chi connectivity index (χ1) is 14.5. The molecule has 1 fully saturated rings. The highest BCUT2D eigenvalue weighted by atomic mass is 16.1. The number of nitrogen functional groups attached to an aromatic ring is 1. The van der Waals surface area contributed by atoms with Gasteiger partial charge in [0.15, 0.2) is 5.78 Å². The summed E-state index contributed by atoms with van der Waals surface area (Å²) in [6, 6.07) is 9.10. The van der Waals surface area contributed by atoms with E-state index in [1.165, 1.54) is 6.33 Å². The lowest BCUT2D eigenvalue weighted by Crippen LogP contribution is -2.47. The molecule has 0 aliphatic carbocycles. The molecule has 0 amide bonds. The second-order valence-electron chi connectivity index (χ2n) is 8.11. The molecule has 5 heterocycles. The molecule has 2 N–H and O–H groups in total. The highest BCUT2D eigenvalue weighted by Gasteiger charge is 2.35. The molecule has 30 heavy (non-hydrogen) atoms. The van der Waals surface area contributed by atoms with Crippen LogP contribution in [0.5, 0.6) is 0 Å². The van der Waals surface area contributed by atoms with Gasteiger partial charge in [0.05, 0.1) is 5.69 Å². The normalized spacial score (nSPS) is 20.0. The predicted octanol–water partition coefficient (Wildman–Crippen LogP) is 2.11. The summed E-state index contributed by atoms with van der Waals surface area (Å²) in [5.41, 5.74) is 8.84. The molecule has 2 atom stereocenters. The number of anilines is 2. The van der Waals surface area contributed by atoms with Gasteiger partial charge in [0, 0.05) is 60.7 Å². The summed E-state index contributed by atoms with van der Waals surface area (Å²) < 4.78 is 1.90. The first-order valence-electron chi connectivity index (χ1n) is 10.0. The minimum atomic E-state index is -0.00762. The van der Waals surface area contributed by atoms with Gasteiger partial charge in [-0.25, -0.2) is 15.0 Å². The zero-order chi connectivity index (χ0) is 20.8. The van der Waals surface area contributed by atoms with Crippen LogP contribution < -0.4 is 16.2 Å². The van der Waals surface area contributed by atoms with E-state index in [1.807, 2.05) is 16.7 Å². The molecule has 3 aromatic heterocycles. The van der Waals surface area contributed by atoms with E-state index in [9.17, 15) is 9.59 Å². The van der Waals surface area contributed by atoms with Gasteiger partial charge in [-0.3, -0.25) is 9.59 Å². The fourth-order valence-corrected chi connectivity index (χ4v) is 4.61. The molecular formula is C22H22N6O2. The SMILES string of the molecule is CC(=O)c1ccc(N2C[C@@H]3C[C@H](C2)c2cc(-c4cc(N)ncn4)cc(=O)n2C3)nc1. The fraction of sp³-hybridized carbons (Fsp3) is 0.318. The largest absolute Gasteiger partial charge is 0.384 e. The lowest BCUT2D eigenvalue weighted by molar-refractivity contribution is 0.101. The number of aromatic nitrogens is 4. The van der Waals surface area contributed by atoms with E-state index in [2.05, 4.69) is 25.9 Å². The van der Waals surface area contributed by atoms with E-state index in [4.69, 9.17) is 5.73 Å². The number of carbonyl (C=O) groups is 1. The Balaban J connectivity index is 1.49. The number of nitrogens with two attached hydrogens (primary N) is 1. The number of piperidine rings is 1. The summed E-state index contributed by atoms with van der Waals surface area (Å²) in [6.07, 6.45) is 4.09. The van der Waals surface area contributed by atoms with Crippen molar-refractivity contribution in [1.29, 1.82) is 0 Å². The molecule has 3 aromatic rings. The van der Waals surface area contributed by atoms with Crippen molar-refractivity contribution < 1.29 is 4.79 Å². The number of carbonyl (C=O) groups excluding carboxylic acids is 1. The van der Waals surface area contributed by atoms with Crippen LogP contribution in [0.4, 0.5) is 11.6 Å². The van der Waals surface area contributed by atoms with Crippen molar-refractivity contribution in [1.82, 2.24) is 19.5 Å². The first-order valence-corrected chi connectivity index (χ1v) is 10.0. The monoisotopic (exact) mass is 402 g/mol. The third-order valence-corrected chi connectivity index (χ3v) is 6.02. The third kappa shape index (κ3) is 3.24. The molecule has 0 saturated carbocycles. The Morgan fingerprint density at radius 1 is 1.10 bits per heavy atom. The van der Waals surface area contributed by atoms with Gasteiger partial charge in [-0.2, -0.15) is 0 Å². The smallest absolute Gasteiger partial charge is 0.251 e. The van der Waals surface area contributed by atoms with Crippen molar-refractivity contribution in [3.8, 4) is 11.3 Å². The molecule has 2 aliphatic heterocycles. The zero-order valence-corrected chi connectivity index (χ0v) is 16.7. The van der Waals surface area contributed by atoms with Crippen molar-refractivity contribution >= 4 is 17.4 Å². The molecular weight excluding hydrogens is 380 g/mol. The van der Waals surface area contributed by atoms with Gasteiger partial charge >= 0.3 is 0 Å². The Morgan fingerprint density at radius 2 is 1.97 bits per heavy atom. The van der Waals surface area contributed by atoms with Crippen molar-refractivity contribution in [2.45, 2.75) is 25.8 Å². The van der Waals surface area contributed by atoms with Crippen LogP contribution in [0.2, 0.25) is 0 Å². The van der Waals surface area contributed by atoms with Gasteiger partial charge < -0.3 is 15.2 Å². The lowest BCUT2D eigenvalue weighted by atomic mass is 9.82. The maximum atomic E-state index is 12.9. The minimum absolute atomic E-state index is 0.00762. The predicted molar refractivity (Wildman–Crippen MR) is 113 cm³/mol. The number of hydrogen-bond acceptors (Lipinski definition) is 7. The van der Waals surface area contributed by atoms with Crippen molar-refractivity contribution in [3.63, 3.8) is 0 Å². The summed E-state index contributed by atoms with van der Waals surface area (Å²) >= 11 is 0. The Hall–Kier alpha value is -3.55. The number of nitrogens with zero attached hydrogens (tertiary/aromatic N) is 5. The molecule has 0 spiro atoms. The molecule has 2 bridgehead atoms. The van der Waals surface area contributed by atoms with E-state index in [-0.39, 0.29) is 17.3 Å². The maximum absolute atomic E-state index is 12.9. The van der Waals surface area contributed by atoms with Gasteiger partial charge in [-0.1, -0.05) is 0 Å². The van der Waals surface area contributed by atoms with Crippen LogP contribution in [0.3, 0.4) is 0 Å². The van der Waals surface area contributed by atoms with Crippen LogP contribution in [-0.2, 0) is 6.54 Å². The Labute approximate surface area is 173 Å². The molecule has 152 valence electrons. The van der Waals surface area contributed by atoms with Gasteiger partial charge in [0.1, 0.15) is 18.0 Å². The molecule has 2 aliphatic rings. The second kappa shape index (κ2) is 7.05. The second-order valence-corrected chi connectivity index (χ2v) is 8.11. The van der Waals surface area contributed by atoms with E-state index >= 15 is 0 Å². The minimum Gasteiger partial charge on any atom is -0.384 e. The van der Waals surface area contributed by atoms with Crippen LogP contribution in [-0.4, -0.2) is 38.4 Å². The Kier molecular flexibility index (Phi) is 4.34. The summed E-state index contributed by atoms with van der Waals surface area (Å²) in [4.78, 5) is 39.4. The van der Waals surface area contributed by atoms with Crippen molar-refractivity contribution in [3.05, 3.63) is 64.5 Å². The summed E-state index contributed by atoms with van der Waals surface area (Å²) in [7, 11) is 0. The van der Waals surface area contributed by atoms with Crippen molar-refractivity contribution in [2.75, 3.05) is 23.7 Å². The van der Waals surface area contributed by atoms with E-state index in [1.54, 1.807) is 25.3 Å². The van der Waals surface area contributed by atoms with E-state index in [0.717, 1.165) is 36.6 Å². The number of ketones is 1. The molecule has 1 saturated heterocycles. The fourth-order valence-electron chi connectivity index (χ4n) is 4.61. The van der Waals surface area contributed by atoms with Crippen LogP contribution in [0.25, 0.3) is 11.3 Å². The number of hydrogen-bond donors (Lipinski definition) is 1. The molecule has 8 heteroatoms. The van der Waals surface area contributed by atoms with Crippen molar-refractivity contribution in [2.24, 2.45) is 5.92 Å². The molecule has 0 aromatic carbocycles. The van der Waals surface area contributed by atoms with Crippen LogP contribution in [0.15, 0.2) is 47.7 Å². The van der Waals surface area contributed by atoms with Gasteiger partial charge in [-0.05, 0) is 37.5 Å². The molecule has 0 radical (unpaired) electrons. The van der Waals surface area contributed by atoms with E-state index < -0.39 is 0 Å². The van der Waals surface area contributed by atoms with Gasteiger partial charge in [0.2, 0.25) is 0 Å². The van der Waals surface area contributed by atoms with E-state index in [0.29, 0.717) is 29.5 Å². The average Bonchev–Trinajstić information content (AvgIpc) is 2.74. The highest BCUT2D eigenvalue weighted by molar-refractivity contribution is 5.93. The number of rotatable bonds is 3. The quantitative estimate of drug-likeness (QED) is 0.669. The number of pyridine rings is 2.